The van der Waals surface area contributed by atoms with Gasteiger partial charge in [0.1, 0.15) is 5.54 Å². The lowest BCUT2D eigenvalue weighted by molar-refractivity contribution is -0.149. The van der Waals surface area contributed by atoms with Crippen LogP contribution in [0.1, 0.15) is 42.1 Å². The van der Waals surface area contributed by atoms with Gasteiger partial charge in [-0.1, -0.05) is 41.9 Å². The SMILES string of the molecule is C[C@]1(C(=O)N(CCCC(=O)NS(C)(=O)=O)CCc2cccc(Cl)c2)CCN1C(=O)c1csc2ccccc12. The van der Waals surface area contributed by atoms with E-state index in [1.165, 1.54) is 11.3 Å². The van der Waals surface area contributed by atoms with Crippen molar-refractivity contribution in [3.63, 3.8) is 0 Å². The first-order chi connectivity index (χ1) is 18.0. The summed E-state index contributed by atoms with van der Waals surface area (Å²) in [6.45, 7) is 2.87. The van der Waals surface area contributed by atoms with Crippen molar-refractivity contribution in [2.75, 3.05) is 25.9 Å². The minimum Gasteiger partial charge on any atom is -0.340 e. The Kier molecular flexibility index (Phi) is 8.44. The maximum atomic E-state index is 13.9. The highest BCUT2D eigenvalue weighted by Crippen LogP contribution is 2.36. The van der Waals surface area contributed by atoms with Crippen molar-refractivity contribution in [2.45, 2.75) is 38.1 Å². The summed E-state index contributed by atoms with van der Waals surface area (Å²) < 4.78 is 25.7. The van der Waals surface area contributed by atoms with E-state index in [9.17, 15) is 22.8 Å². The van der Waals surface area contributed by atoms with Crippen LogP contribution in [-0.4, -0.2) is 67.4 Å². The molecule has 2 heterocycles. The molecule has 2 aromatic carbocycles. The first-order valence-electron chi connectivity index (χ1n) is 12.3. The Labute approximate surface area is 231 Å². The molecule has 1 saturated heterocycles. The number of fused-ring (bicyclic) bond motifs is 1. The van der Waals surface area contributed by atoms with Crippen molar-refractivity contribution in [1.82, 2.24) is 14.5 Å². The van der Waals surface area contributed by atoms with E-state index in [1.807, 2.05) is 52.6 Å². The molecule has 3 amide bonds. The number of sulfonamides is 1. The topological polar surface area (TPSA) is 104 Å². The zero-order valence-corrected chi connectivity index (χ0v) is 23.7. The van der Waals surface area contributed by atoms with Gasteiger partial charge >= 0.3 is 0 Å². The second kappa shape index (κ2) is 11.4. The molecule has 1 aliphatic heterocycles. The molecule has 202 valence electrons. The molecule has 1 aliphatic rings. The number of halogens is 1. The Morgan fingerprint density at radius 1 is 1.13 bits per heavy atom. The molecule has 0 bridgehead atoms. The van der Waals surface area contributed by atoms with Gasteiger partial charge in [-0.3, -0.25) is 19.1 Å². The Balaban J connectivity index is 1.50. The average molecular weight is 576 g/mol. The molecular weight excluding hydrogens is 546 g/mol. The van der Waals surface area contributed by atoms with E-state index < -0.39 is 21.5 Å². The van der Waals surface area contributed by atoms with E-state index in [-0.39, 0.29) is 31.2 Å². The van der Waals surface area contributed by atoms with Crippen molar-refractivity contribution in [3.05, 3.63) is 70.1 Å². The fourth-order valence-electron chi connectivity index (χ4n) is 4.70. The smallest absolute Gasteiger partial charge is 0.256 e. The van der Waals surface area contributed by atoms with Crippen LogP contribution >= 0.6 is 22.9 Å². The van der Waals surface area contributed by atoms with Crippen molar-refractivity contribution < 1.29 is 22.8 Å². The number of nitrogens with one attached hydrogen (secondary N) is 1. The van der Waals surface area contributed by atoms with E-state index >= 15 is 0 Å². The summed E-state index contributed by atoms with van der Waals surface area (Å²) in [5, 5.41) is 3.32. The Hall–Kier alpha value is -2.95. The summed E-state index contributed by atoms with van der Waals surface area (Å²) >= 11 is 7.62. The maximum absolute atomic E-state index is 13.9. The van der Waals surface area contributed by atoms with Gasteiger partial charge in [-0.2, -0.15) is 0 Å². The summed E-state index contributed by atoms with van der Waals surface area (Å²) in [7, 11) is -3.65. The third-order valence-corrected chi connectivity index (χ3v) is 8.61. The number of benzene rings is 2. The predicted molar refractivity (Wildman–Crippen MR) is 150 cm³/mol. The largest absolute Gasteiger partial charge is 0.340 e. The summed E-state index contributed by atoms with van der Waals surface area (Å²) in [6, 6.07) is 15.1. The molecule has 0 radical (unpaired) electrons. The van der Waals surface area contributed by atoms with E-state index in [0.29, 0.717) is 36.5 Å². The number of amides is 3. The number of carbonyl (C=O) groups excluding carboxylic acids is 3. The number of carbonyl (C=O) groups is 3. The van der Waals surface area contributed by atoms with Crippen molar-refractivity contribution >= 4 is 60.8 Å². The van der Waals surface area contributed by atoms with Crippen LogP contribution in [0.5, 0.6) is 0 Å². The van der Waals surface area contributed by atoms with Crippen LogP contribution < -0.4 is 4.72 Å². The van der Waals surface area contributed by atoms with E-state index in [2.05, 4.69) is 0 Å². The third kappa shape index (κ3) is 6.36. The molecule has 1 fully saturated rings. The Morgan fingerprint density at radius 3 is 2.58 bits per heavy atom. The van der Waals surface area contributed by atoms with Crippen LogP contribution in [0.4, 0.5) is 0 Å². The van der Waals surface area contributed by atoms with Crippen LogP contribution in [0.2, 0.25) is 5.02 Å². The fourth-order valence-corrected chi connectivity index (χ4v) is 6.36. The molecular formula is C27H30ClN3O5S2. The van der Waals surface area contributed by atoms with E-state index in [4.69, 9.17) is 11.6 Å². The predicted octanol–water partition coefficient (Wildman–Crippen LogP) is 4.09. The zero-order chi connectivity index (χ0) is 27.5. The second-order valence-corrected chi connectivity index (χ2v) is 12.8. The Bertz CT molecular complexity index is 1470. The summed E-state index contributed by atoms with van der Waals surface area (Å²) in [6.07, 6.45) is 2.23. The molecule has 1 aromatic heterocycles. The molecule has 0 saturated carbocycles. The molecule has 0 aliphatic carbocycles. The van der Waals surface area contributed by atoms with Crippen LogP contribution in [0.25, 0.3) is 10.1 Å². The van der Waals surface area contributed by atoms with Gasteiger partial charge in [-0.05, 0) is 49.9 Å². The Morgan fingerprint density at radius 2 is 1.89 bits per heavy atom. The number of rotatable bonds is 10. The molecule has 38 heavy (non-hydrogen) atoms. The molecule has 11 heteroatoms. The number of thiophene rings is 1. The van der Waals surface area contributed by atoms with Crippen LogP contribution in [0.3, 0.4) is 0 Å². The molecule has 1 N–H and O–H groups in total. The van der Waals surface area contributed by atoms with Gasteiger partial charge in [0.25, 0.3) is 5.91 Å². The minimum absolute atomic E-state index is 0.0474. The highest BCUT2D eigenvalue weighted by molar-refractivity contribution is 7.89. The number of likely N-dealkylation sites (tertiary alicyclic amines) is 1. The maximum Gasteiger partial charge on any atom is 0.256 e. The van der Waals surface area contributed by atoms with E-state index in [0.717, 1.165) is 21.9 Å². The van der Waals surface area contributed by atoms with E-state index in [1.54, 1.807) is 22.8 Å². The standard InChI is InChI=1S/C27H30ClN3O5S2/c1-27(13-16-31(27)25(33)22-18-37-23-10-4-3-9-21(22)23)26(34)30(14-6-11-24(32)29-38(2,35)36)15-12-19-7-5-8-20(28)17-19/h3-5,7-10,17-18H,6,11-16H2,1-2H3,(H,29,32)/t27-/m1/s1. The van der Waals surface area contributed by atoms with Crippen LogP contribution in [0, 0.1) is 0 Å². The normalized spacial score (nSPS) is 17.2. The third-order valence-electron chi connectivity index (χ3n) is 6.81. The van der Waals surface area contributed by atoms with Crippen molar-refractivity contribution in [3.8, 4) is 0 Å². The van der Waals surface area contributed by atoms with Gasteiger partial charge < -0.3 is 9.80 Å². The lowest BCUT2D eigenvalue weighted by Gasteiger charge is -2.51. The first-order valence-corrected chi connectivity index (χ1v) is 15.5. The van der Waals surface area contributed by atoms with Gasteiger partial charge in [0, 0.05) is 46.5 Å². The van der Waals surface area contributed by atoms with Gasteiger partial charge in [0.05, 0.1) is 11.8 Å². The molecule has 0 unspecified atom stereocenters. The molecule has 4 rings (SSSR count). The second-order valence-electron chi connectivity index (χ2n) is 9.70. The molecule has 3 aromatic rings. The molecule has 1 atom stereocenters. The number of hydrogen-bond acceptors (Lipinski definition) is 6. The minimum atomic E-state index is -3.65. The lowest BCUT2D eigenvalue weighted by Crippen LogP contribution is -2.68. The highest BCUT2D eigenvalue weighted by Gasteiger charge is 2.51. The molecule has 8 nitrogen and oxygen atoms in total. The van der Waals surface area contributed by atoms with Gasteiger partial charge in [0.2, 0.25) is 21.8 Å². The molecule has 0 spiro atoms. The number of nitrogens with zero attached hydrogens (tertiary/aromatic N) is 2. The first kappa shape index (κ1) is 28.1. The number of hydrogen-bond donors (Lipinski definition) is 1. The average Bonchev–Trinajstić information content (AvgIpc) is 3.28. The summed E-state index contributed by atoms with van der Waals surface area (Å²) in [5.41, 5.74) is 0.539. The summed E-state index contributed by atoms with van der Waals surface area (Å²) in [5.74, 6) is -0.986. The zero-order valence-electron chi connectivity index (χ0n) is 21.3. The van der Waals surface area contributed by atoms with Gasteiger partial charge in [0.15, 0.2) is 0 Å². The van der Waals surface area contributed by atoms with Crippen molar-refractivity contribution in [1.29, 1.82) is 0 Å². The van der Waals surface area contributed by atoms with Crippen molar-refractivity contribution in [2.24, 2.45) is 0 Å². The fraction of sp³-hybridized carbons (Fsp3) is 0.370. The quantitative estimate of drug-likeness (QED) is 0.392. The monoisotopic (exact) mass is 575 g/mol. The van der Waals surface area contributed by atoms with Gasteiger partial charge in [-0.15, -0.1) is 11.3 Å². The summed E-state index contributed by atoms with van der Waals surface area (Å²) in [4.78, 5) is 42.7. The van der Waals surface area contributed by atoms with Crippen LogP contribution in [0.15, 0.2) is 53.9 Å². The highest BCUT2D eigenvalue weighted by atomic mass is 35.5. The lowest BCUT2D eigenvalue weighted by atomic mass is 9.84. The van der Waals surface area contributed by atoms with Gasteiger partial charge in [-0.25, -0.2) is 8.42 Å². The van der Waals surface area contributed by atoms with Crippen LogP contribution in [-0.2, 0) is 26.0 Å².